The Kier molecular flexibility index (Phi) is 5.88. The maximum absolute atomic E-state index is 12.9. The number of rotatable bonds is 7. The highest BCUT2D eigenvalue weighted by Gasteiger charge is 2.20. The lowest BCUT2D eigenvalue weighted by Gasteiger charge is -2.13. The van der Waals surface area contributed by atoms with Gasteiger partial charge >= 0.3 is 0 Å². The molecule has 29 heavy (non-hydrogen) atoms. The minimum atomic E-state index is -0.258. The molecular weight excluding hydrogens is 370 g/mol. The minimum Gasteiger partial charge on any atom is -0.488 e. The van der Waals surface area contributed by atoms with Gasteiger partial charge in [0, 0.05) is 17.7 Å². The number of carbonyl (C=O) groups excluding carboxylic acids is 1. The van der Waals surface area contributed by atoms with Crippen molar-refractivity contribution in [3.63, 3.8) is 0 Å². The molecule has 0 aliphatic carbocycles. The van der Waals surface area contributed by atoms with E-state index in [9.17, 15) is 9.90 Å². The van der Waals surface area contributed by atoms with Crippen molar-refractivity contribution in [2.24, 2.45) is 0 Å². The lowest BCUT2D eigenvalue weighted by Crippen LogP contribution is -2.16. The first-order valence-electron chi connectivity index (χ1n) is 9.62. The van der Waals surface area contributed by atoms with E-state index in [0.29, 0.717) is 30.1 Å². The second-order valence-electron chi connectivity index (χ2n) is 6.80. The quantitative estimate of drug-likeness (QED) is 0.645. The fraction of sp³-hybridized carbons (Fsp3) is 0.273. The first-order valence-corrected chi connectivity index (χ1v) is 9.62. The first-order chi connectivity index (χ1) is 14.2. The number of aliphatic hydroxyl groups excluding tert-OH is 1. The molecule has 3 aromatic rings. The van der Waals surface area contributed by atoms with Crippen LogP contribution in [0.2, 0.25) is 0 Å². The zero-order chi connectivity index (χ0) is 20.1. The van der Waals surface area contributed by atoms with Crippen LogP contribution >= 0.6 is 0 Å². The molecule has 150 valence electrons. The van der Waals surface area contributed by atoms with Crippen LogP contribution in [0.15, 0.2) is 60.8 Å². The normalized spacial score (nSPS) is 16.0. The summed E-state index contributed by atoms with van der Waals surface area (Å²) in [5.41, 5.74) is 2.66. The number of aliphatic hydroxyl groups is 1. The molecule has 1 unspecified atom stereocenters. The van der Waals surface area contributed by atoms with Crippen molar-refractivity contribution >= 4 is 11.6 Å². The molecule has 2 aromatic carbocycles. The highest BCUT2D eigenvalue weighted by atomic mass is 16.5. The number of amides is 1. The Labute approximate surface area is 168 Å². The van der Waals surface area contributed by atoms with Crippen LogP contribution in [0.3, 0.4) is 0 Å². The van der Waals surface area contributed by atoms with Crippen molar-refractivity contribution in [2.75, 3.05) is 25.1 Å². The highest BCUT2D eigenvalue weighted by Crippen LogP contribution is 2.25. The number of hydrogen-bond acceptors (Lipinski definition) is 5. The predicted octanol–water partition coefficient (Wildman–Crippen LogP) is 2.96. The van der Waals surface area contributed by atoms with Crippen molar-refractivity contribution in [2.45, 2.75) is 19.1 Å². The van der Waals surface area contributed by atoms with Crippen LogP contribution in [0, 0.1) is 0 Å². The summed E-state index contributed by atoms with van der Waals surface area (Å²) in [6.07, 6.45) is 2.50. The Bertz CT molecular complexity index is 948. The monoisotopic (exact) mass is 393 g/mol. The second kappa shape index (κ2) is 8.89. The molecule has 1 aliphatic heterocycles. The number of hydrogen-bond donors (Lipinski definition) is 2. The van der Waals surface area contributed by atoms with Gasteiger partial charge < -0.3 is 19.9 Å². The third-order valence-corrected chi connectivity index (χ3v) is 4.75. The molecule has 0 bridgehead atoms. The van der Waals surface area contributed by atoms with E-state index in [1.54, 1.807) is 4.68 Å². The topological polar surface area (TPSA) is 85.6 Å². The van der Waals surface area contributed by atoms with Crippen LogP contribution in [0.5, 0.6) is 5.75 Å². The van der Waals surface area contributed by atoms with E-state index in [2.05, 4.69) is 10.4 Å². The molecule has 7 heteroatoms. The van der Waals surface area contributed by atoms with Crippen molar-refractivity contribution in [3.05, 3.63) is 66.4 Å². The largest absolute Gasteiger partial charge is 0.488 e. The predicted molar refractivity (Wildman–Crippen MR) is 109 cm³/mol. The molecule has 0 saturated carbocycles. The molecule has 0 spiro atoms. The first kappa shape index (κ1) is 19.2. The molecule has 1 fully saturated rings. The number of nitrogens with one attached hydrogen (secondary N) is 1. The molecule has 0 radical (unpaired) electrons. The van der Waals surface area contributed by atoms with Crippen molar-refractivity contribution in [1.29, 1.82) is 0 Å². The van der Waals surface area contributed by atoms with Crippen LogP contribution in [0.25, 0.3) is 11.3 Å². The number of ether oxygens (including phenoxy) is 2. The minimum absolute atomic E-state index is 0.0595. The third-order valence-electron chi connectivity index (χ3n) is 4.75. The van der Waals surface area contributed by atoms with Crippen LogP contribution in [0.4, 0.5) is 5.69 Å². The van der Waals surface area contributed by atoms with Gasteiger partial charge in [-0.1, -0.05) is 30.3 Å². The van der Waals surface area contributed by atoms with Crippen molar-refractivity contribution in [1.82, 2.24) is 9.78 Å². The summed E-state index contributed by atoms with van der Waals surface area (Å²) in [6, 6.07) is 16.8. The highest BCUT2D eigenvalue weighted by molar-refractivity contribution is 6.08. The van der Waals surface area contributed by atoms with E-state index in [1.807, 2.05) is 54.6 Å². The van der Waals surface area contributed by atoms with Crippen LogP contribution < -0.4 is 10.1 Å². The fourth-order valence-corrected chi connectivity index (χ4v) is 3.33. The fourth-order valence-electron chi connectivity index (χ4n) is 3.33. The zero-order valence-corrected chi connectivity index (χ0v) is 16.0. The molecule has 1 aromatic heterocycles. The van der Waals surface area contributed by atoms with Gasteiger partial charge in [0.15, 0.2) is 0 Å². The summed E-state index contributed by atoms with van der Waals surface area (Å²) in [5.74, 6) is 0.491. The lowest BCUT2D eigenvalue weighted by atomic mass is 10.1. The molecule has 2 N–H and O–H groups in total. The van der Waals surface area contributed by atoms with E-state index < -0.39 is 0 Å². The number of aromatic nitrogens is 2. The number of nitrogens with zero attached hydrogens (tertiary/aromatic N) is 2. The molecule has 1 aliphatic rings. The number of benzene rings is 2. The Morgan fingerprint density at radius 1 is 1.21 bits per heavy atom. The second-order valence-corrected chi connectivity index (χ2v) is 6.80. The van der Waals surface area contributed by atoms with Gasteiger partial charge in [-0.3, -0.25) is 9.48 Å². The van der Waals surface area contributed by atoms with Gasteiger partial charge in [0.25, 0.3) is 5.91 Å². The number of carbonyl (C=O) groups is 1. The maximum Gasteiger partial charge on any atom is 0.259 e. The van der Waals surface area contributed by atoms with Gasteiger partial charge in [-0.05, 0) is 24.3 Å². The number of anilines is 1. The Hall–Kier alpha value is -3.16. The molecule has 1 amide bonds. The Balaban J connectivity index is 1.51. The Morgan fingerprint density at radius 3 is 2.69 bits per heavy atom. The summed E-state index contributed by atoms with van der Waals surface area (Å²) >= 11 is 0. The summed E-state index contributed by atoms with van der Waals surface area (Å²) in [7, 11) is 0. The lowest BCUT2D eigenvalue weighted by molar-refractivity contribution is 0.102. The van der Waals surface area contributed by atoms with Gasteiger partial charge in [-0.15, -0.1) is 0 Å². The Morgan fingerprint density at radius 2 is 2.00 bits per heavy atom. The summed E-state index contributed by atoms with van der Waals surface area (Å²) < 4.78 is 12.8. The third kappa shape index (κ3) is 4.47. The molecule has 4 rings (SSSR count). The van der Waals surface area contributed by atoms with Crippen LogP contribution in [-0.2, 0) is 11.3 Å². The van der Waals surface area contributed by atoms with Crippen LogP contribution in [-0.4, -0.2) is 46.7 Å². The summed E-state index contributed by atoms with van der Waals surface area (Å²) in [5, 5.41) is 16.5. The van der Waals surface area contributed by atoms with Crippen LogP contribution in [0.1, 0.15) is 16.8 Å². The van der Waals surface area contributed by atoms with E-state index >= 15 is 0 Å². The van der Waals surface area contributed by atoms with E-state index in [1.165, 1.54) is 6.20 Å². The van der Waals surface area contributed by atoms with Gasteiger partial charge in [-0.25, -0.2) is 0 Å². The standard InChI is InChI=1S/C22H23N3O4/c26-12-11-25-21(16-4-2-1-3-5-16)20(14-23-25)22(27)24-17-6-8-18(9-7-17)29-19-10-13-28-15-19/h1-9,14,19,26H,10-13,15H2,(H,24,27). The smallest absolute Gasteiger partial charge is 0.259 e. The van der Waals surface area contributed by atoms with Gasteiger partial charge in [0.05, 0.1) is 43.8 Å². The van der Waals surface area contributed by atoms with Crippen molar-refractivity contribution in [3.8, 4) is 17.0 Å². The molecule has 7 nitrogen and oxygen atoms in total. The van der Waals surface area contributed by atoms with Gasteiger partial charge in [0.2, 0.25) is 0 Å². The van der Waals surface area contributed by atoms with E-state index in [0.717, 1.165) is 24.3 Å². The molecule has 2 heterocycles. The SMILES string of the molecule is O=C(Nc1ccc(OC2CCOC2)cc1)c1cnn(CCO)c1-c1ccccc1. The average Bonchev–Trinajstić information content (AvgIpc) is 3.40. The summed E-state index contributed by atoms with van der Waals surface area (Å²) in [4.78, 5) is 12.9. The zero-order valence-electron chi connectivity index (χ0n) is 16.0. The summed E-state index contributed by atoms with van der Waals surface area (Å²) in [6.45, 7) is 1.59. The molecule has 1 saturated heterocycles. The molecule has 1 atom stereocenters. The van der Waals surface area contributed by atoms with Gasteiger partial charge in [0.1, 0.15) is 11.9 Å². The maximum atomic E-state index is 12.9. The van der Waals surface area contributed by atoms with E-state index in [4.69, 9.17) is 9.47 Å². The average molecular weight is 393 g/mol. The van der Waals surface area contributed by atoms with Gasteiger partial charge in [-0.2, -0.15) is 5.10 Å². The van der Waals surface area contributed by atoms with E-state index in [-0.39, 0.29) is 18.6 Å². The molecular formula is C22H23N3O4. The van der Waals surface area contributed by atoms with Crippen molar-refractivity contribution < 1.29 is 19.4 Å².